The van der Waals surface area contributed by atoms with E-state index in [1.165, 1.54) is 22.7 Å². The summed E-state index contributed by atoms with van der Waals surface area (Å²) in [4.78, 5) is 0. The number of aromatic nitrogens is 2. The Kier molecular flexibility index (Phi) is 3.48. The minimum absolute atomic E-state index is 0.335. The van der Waals surface area contributed by atoms with Crippen LogP contribution in [0.3, 0.4) is 0 Å². The largest absolute Gasteiger partial charge is 0.378 e. The molecule has 1 N–H and O–H groups in total. The van der Waals surface area contributed by atoms with Crippen LogP contribution >= 0.6 is 0 Å². The molecule has 1 aromatic heterocycles. The Morgan fingerprint density at radius 2 is 2.35 bits per heavy atom. The van der Waals surface area contributed by atoms with Crippen molar-refractivity contribution in [2.24, 2.45) is 0 Å². The molecule has 2 heterocycles. The van der Waals surface area contributed by atoms with Crippen molar-refractivity contribution >= 4 is 10.2 Å². The lowest BCUT2D eigenvalue weighted by atomic mass is 10.2. The molecular weight excluding hydrogens is 244 g/mol. The molecule has 1 atom stereocenters. The van der Waals surface area contributed by atoms with Crippen molar-refractivity contribution in [1.29, 1.82) is 0 Å². The van der Waals surface area contributed by atoms with E-state index in [1.54, 1.807) is 12.3 Å². The van der Waals surface area contributed by atoms with Crippen molar-refractivity contribution < 1.29 is 13.2 Å². The Labute approximate surface area is 101 Å². The first-order chi connectivity index (χ1) is 8.03. The summed E-state index contributed by atoms with van der Waals surface area (Å²) >= 11 is 0. The van der Waals surface area contributed by atoms with Gasteiger partial charge in [-0.15, -0.1) is 0 Å². The van der Waals surface area contributed by atoms with E-state index < -0.39 is 10.2 Å². The lowest BCUT2D eigenvalue weighted by molar-refractivity contribution is 0.0284. The van der Waals surface area contributed by atoms with Gasteiger partial charge >= 0.3 is 0 Å². The topological polar surface area (TPSA) is 78.5 Å². The number of H-pyrrole nitrogens is 1. The second-order valence-corrected chi connectivity index (χ2v) is 6.10. The Hall–Kier alpha value is -0.960. The van der Waals surface area contributed by atoms with Gasteiger partial charge in [0.05, 0.1) is 24.9 Å². The highest BCUT2D eigenvalue weighted by molar-refractivity contribution is 7.86. The molecule has 96 valence electrons. The summed E-state index contributed by atoms with van der Waals surface area (Å²) in [6.07, 6.45) is 1.60. The molecule has 7 nitrogen and oxygen atoms in total. The summed E-state index contributed by atoms with van der Waals surface area (Å²) < 4.78 is 32.3. The number of aromatic amines is 1. The van der Waals surface area contributed by atoms with Gasteiger partial charge in [0.25, 0.3) is 10.2 Å². The van der Waals surface area contributed by atoms with Gasteiger partial charge in [-0.25, -0.2) is 0 Å². The predicted molar refractivity (Wildman–Crippen MR) is 61.5 cm³/mol. The second kappa shape index (κ2) is 4.73. The van der Waals surface area contributed by atoms with Crippen LogP contribution in [0.25, 0.3) is 0 Å². The van der Waals surface area contributed by atoms with Gasteiger partial charge < -0.3 is 4.74 Å². The van der Waals surface area contributed by atoms with Gasteiger partial charge in [-0.1, -0.05) is 0 Å². The van der Waals surface area contributed by atoms with Gasteiger partial charge in [0, 0.05) is 26.8 Å². The van der Waals surface area contributed by atoms with Gasteiger partial charge in [0.1, 0.15) is 0 Å². The van der Waals surface area contributed by atoms with E-state index in [9.17, 15) is 8.42 Å². The molecule has 1 fully saturated rings. The number of hydrogen-bond acceptors (Lipinski definition) is 4. The maximum Gasteiger partial charge on any atom is 0.282 e. The molecule has 0 saturated carbocycles. The van der Waals surface area contributed by atoms with Crippen molar-refractivity contribution in [1.82, 2.24) is 18.8 Å². The smallest absolute Gasteiger partial charge is 0.282 e. The standard InChI is InChI=1S/C9H16N4O3S/c1-12(2)17(14,15)13-5-6-16-7-9(13)8-3-4-10-11-8/h3-4,9H,5-7H2,1-2H3,(H,10,11). The van der Waals surface area contributed by atoms with Crippen LogP contribution in [0.1, 0.15) is 11.7 Å². The fourth-order valence-electron chi connectivity index (χ4n) is 1.77. The van der Waals surface area contributed by atoms with Crippen molar-refractivity contribution in [3.8, 4) is 0 Å². The zero-order valence-electron chi connectivity index (χ0n) is 9.83. The molecule has 2 rings (SSSR count). The van der Waals surface area contributed by atoms with Crippen LogP contribution in [0.4, 0.5) is 0 Å². The van der Waals surface area contributed by atoms with E-state index in [0.717, 1.165) is 5.69 Å². The van der Waals surface area contributed by atoms with Gasteiger partial charge in [-0.2, -0.15) is 22.1 Å². The molecule has 1 aliphatic heterocycles. The van der Waals surface area contributed by atoms with E-state index >= 15 is 0 Å². The average Bonchev–Trinajstić information content (AvgIpc) is 2.82. The van der Waals surface area contributed by atoms with Gasteiger partial charge in [0.2, 0.25) is 0 Å². The van der Waals surface area contributed by atoms with Crippen LogP contribution in [0.15, 0.2) is 12.3 Å². The summed E-state index contributed by atoms with van der Waals surface area (Å²) in [5, 5.41) is 6.64. The quantitative estimate of drug-likeness (QED) is 0.801. The highest BCUT2D eigenvalue weighted by atomic mass is 32.2. The van der Waals surface area contributed by atoms with Gasteiger partial charge in [-0.3, -0.25) is 5.10 Å². The molecule has 1 unspecified atom stereocenters. The van der Waals surface area contributed by atoms with Crippen molar-refractivity contribution in [2.75, 3.05) is 33.9 Å². The fourth-order valence-corrected chi connectivity index (χ4v) is 2.99. The molecule has 0 radical (unpaired) electrons. The maximum absolute atomic E-state index is 12.2. The number of nitrogens with zero attached hydrogens (tertiary/aromatic N) is 3. The molecular formula is C9H16N4O3S. The Bertz CT molecular complexity index is 457. The highest BCUT2D eigenvalue weighted by Gasteiger charge is 2.35. The van der Waals surface area contributed by atoms with E-state index in [4.69, 9.17) is 4.74 Å². The third-order valence-electron chi connectivity index (χ3n) is 2.72. The van der Waals surface area contributed by atoms with Gasteiger partial charge in [-0.05, 0) is 6.07 Å². The number of morpholine rings is 1. The molecule has 1 aromatic rings. The summed E-state index contributed by atoms with van der Waals surface area (Å²) in [5.74, 6) is 0. The first-order valence-corrected chi connectivity index (χ1v) is 6.69. The Morgan fingerprint density at radius 3 is 2.94 bits per heavy atom. The molecule has 0 aliphatic carbocycles. The molecule has 8 heteroatoms. The minimum atomic E-state index is -3.44. The molecule has 1 aliphatic rings. The SMILES string of the molecule is CN(C)S(=O)(=O)N1CCOCC1c1ccn[nH]1. The lowest BCUT2D eigenvalue weighted by Crippen LogP contribution is -2.48. The van der Waals surface area contributed by atoms with Gasteiger partial charge in [0.15, 0.2) is 0 Å². The van der Waals surface area contributed by atoms with E-state index in [-0.39, 0.29) is 6.04 Å². The number of hydrogen-bond donors (Lipinski definition) is 1. The fraction of sp³-hybridized carbons (Fsp3) is 0.667. The molecule has 1 saturated heterocycles. The average molecular weight is 260 g/mol. The normalized spacial score (nSPS) is 23.1. The summed E-state index contributed by atoms with van der Waals surface area (Å²) in [6, 6.07) is 1.43. The minimum Gasteiger partial charge on any atom is -0.378 e. The van der Waals surface area contributed by atoms with Crippen molar-refractivity contribution in [3.63, 3.8) is 0 Å². The number of nitrogens with one attached hydrogen (secondary N) is 1. The van der Waals surface area contributed by atoms with Crippen LogP contribution < -0.4 is 0 Å². The Morgan fingerprint density at radius 1 is 1.59 bits per heavy atom. The third kappa shape index (κ3) is 2.34. The zero-order chi connectivity index (χ0) is 12.5. The van der Waals surface area contributed by atoms with Crippen LogP contribution in [-0.2, 0) is 14.9 Å². The van der Waals surface area contributed by atoms with Crippen LogP contribution in [0.2, 0.25) is 0 Å². The molecule has 0 spiro atoms. The maximum atomic E-state index is 12.2. The first kappa shape index (κ1) is 12.5. The zero-order valence-corrected chi connectivity index (χ0v) is 10.6. The summed E-state index contributed by atoms with van der Waals surface area (Å²) in [6.45, 7) is 1.11. The molecule has 0 bridgehead atoms. The summed E-state index contributed by atoms with van der Waals surface area (Å²) in [5.41, 5.74) is 0.745. The van der Waals surface area contributed by atoms with Crippen LogP contribution in [0.5, 0.6) is 0 Å². The summed E-state index contributed by atoms with van der Waals surface area (Å²) in [7, 11) is -0.391. The second-order valence-electron chi connectivity index (χ2n) is 4.00. The van der Waals surface area contributed by atoms with E-state index in [0.29, 0.717) is 19.8 Å². The number of ether oxygens (including phenoxy) is 1. The Balaban J connectivity index is 2.31. The molecule has 0 aromatic carbocycles. The monoisotopic (exact) mass is 260 g/mol. The van der Waals surface area contributed by atoms with Crippen LogP contribution in [-0.4, -0.2) is 61.1 Å². The van der Waals surface area contributed by atoms with Crippen molar-refractivity contribution in [3.05, 3.63) is 18.0 Å². The molecule has 0 amide bonds. The predicted octanol–water partition coefficient (Wildman–Crippen LogP) is -0.411. The third-order valence-corrected chi connectivity index (χ3v) is 4.67. The van der Waals surface area contributed by atoms with Crippen molar-refractivity contribution in [2.45, 2.75) is 6.04 Å². The van der Waals surface area contributed by atoms with Crippen LogP contribution in [0, 0.1) is 0 Å². The highest BCUT2D eigenvalue weighted by Crippen LogP contribution is 2.26. The number of rotatable bonds is 3. The van der Waals surface area contributed by atoms with E-state index in [1.807, 2.05) is 0 Å². The van der Waals surface area contributed by atoms with E-state index in [2.05, 4.69) is 10.2 Å². The first-order valence-electron chi connectivity index (χ1n) is 5.30. The lowest BCUT2D eigenvalue weighted by Gasteiger charge is -2.35. The molecule has 17 heavy (non-hydrogen) atoms.